The zero-order valence-corrected chi connectivity index (χ0v) is 10.4. The molecule has 1 aromatic rings. The van der Waals surface area contributed by atoms with Gasteiger partial charge in [0.25, 0.3) is 0 Å². The lowest BCUT2D eigenvalue weighted by Crippen LogP contribution is -2.50. The van der Waals surface area contributed by atoms with Gasteiger partial charge in [0, 0.05) is 6.54 Å². The molecular weight excluding hydrogens is 237 g/mol. The summed E-state index contributed by atoms with van der Waals surface area (Å²) in [5, 5.41) is 9.29. The van der Waals surface area contributed by atoms with Gasteiger partial charge in [0.15, 0.2) is 11.6 Å². The summed E-state index contributed by atoms with van der Waals surface area (Å²) in [6.07, 6.45) is 2.94. The number of hydrogen-bond donors (Lipinski definition) is 1. The molecule has 0 bridgehead atoms. The molecule has 1 fully saturated rings. The molecule has 5 nitrogen and oxygen atoms in total. The highest BCUT2D eigenvalue weighted by Gasteiger charge is 2.36. The van der Waals surface area contributed by atoms with Crippen LogP contribution in [-0.4, -0.2) is 33.6 Å². The minimum atomic E-state index is -0.933. The molecular formula is C12H16FN3O2. The molecule has 1 aliphatic heterocycles. The zero-order valence-electron chi connectivity index (χ0n) is 10.4. The predicted molar refractivity (Wildman–Crippen MR) is 63.9 cm³/mol. The van der Waals surface area contributed by atoms with Gasteiger partial charge in [-0.15, -0.1) is 0 Å². The molecule has 2 atom stereocenters. The highest BCUT2D eigenvalue weighted by Crippen LogP contribution is 2.29. The van der Waals surface area contributed by atoms with E-state index in [0.29, 0.717) is 6.54 Å². The normalized spacial score (nSPS) is 24.1. The molecule has 0 saturated carbocycles. The summed E-state index contributed by atoms with van der Waals surface area (Å²) in [6.45, 7) is 3.93. The van der Waals surface area contributed by atoms with Crippen LogP contribution in [0.3, 0.4) is 0 Å². The molecule has 0 radical (unpaired) electrons. The Bertz CT molecular complexity index is 467. The van der Waals surface area contributed by atoms with Gasteiger partial charge in [-0.05, 0) is 25.7 Å². The molecule has 6 heteroatoms. The maximum absolute atomic E-state index is 14.0. The van der Waals surface area contributed by atoms with Crippen molar-refractivity contribution in [3.05, 3.63) is 17.8 Å². The first-order chi connectivity index (χ1) is 8.52. The number of aryl methyl sites for hydroxylation is 1. The first kappa shape index (κ1) is 12.7. The van der Waals surface area contributed by atoms with Crippen molar-refractivity contribution >= 4 is 11.8 Å². The van der Waals surface area contributed by atoms with Gasteiger partial charge in [0.2, 0.25) is 0 Å². The largest absolute Gasteiger partial charge is 0.480 e. The second-order valence-corrected chi connectivity index (χ2v) is 4.69. The number of anilines is 1. The molecule has 1 saturated heterocycles. The molecule has 2 unspecified atom stereocenters. The van der Waals surface area contributed by atoms with E-state index in [1.165, 1.54) is 6.33 Å². The maximum atomic E-state index is 14.0. The third-order valence-electron chi connectivity index (χ3n) is 3.40. The van der Waals surface area contributed by atoms with E-state index < -0.39 is 17.8 Å². The van der Waals surface area contributed by atoms with Crippen LogP contribution in [0.2, 0.25) is 0 Å². The summed E-state index contributed by atoms with van der Waals surface area (Å²) < 4.78 is 14.0. The summed E-state index contributed by atoms with van der Waals surface area (Å²) in [6, 6.07) is -0.720. The van der Waals surface area contributed by atoms with Crippen molar-refractivity contribution < 1.29 is 14.3 Å². The Labute approximate surface area is 105 Å². The number of piperidine rings is 1. The SMILES string of the molecule is Cc1ncnc(N2CCCC(C)C2C(=O)O)c1F. The van der Waals surface area contributed by atoms with E-state index in [9.17, 15) is 14.3 Å². The standard InChI is InChI=1S/C12H16FN3O2/c1-7-4-3-5-16(10(7)12(17)18)11-9(13)8(2)14-6-15-11/h6-7,10H,3-5H2,1-2H3,(H,17,18). The Balaban J connectivity index is 2.40. The van der Waals surface area contributed by atoms with Gasteiger partial charge in [0.1, 0.15) is 12.4 Å². The third-order valence-corrected chi connectivity index (χ3v) is 3.40. The number of carboxylic acid groups (broad SMARTS) is 1. The fourth-order valence-electron chi connectivity index (χ4n) is 2.45. The molecule has 2 rings (SSSR count). The average molecular weight is 253 g/mol. The van der Waals surface area contributed by atoms with Gasteiger partial charge in [-0.3, -0.25) is 0 Å². The van der Waals surface area contributed by atoms with E-state index in [1.807, 2.05) is 6.92 Å². The van der Waals surface area contributed by atoms with Crippen LogP contribution >= 0.6 is 0 Å². The number of carboxylic acids is 1. The van der Waals surface area contributed by atoms with Crippen LogP contribution in [0.4, 0.5) is 10.2 Å². The van der Waals surface area contributed by atoms with E-state index in [4.69, 9.17) is 0 Å². The van der Waals surface area contributed by atoms with E-state index >= 15 is 0 Å². The first-order valence-electron chi connectivity index (χ1n) is 5.99. The Kier molecular flexibility index (Phi) is 3.45. The molecule has 98 valence electrons. The van der Waals surface area contributed by atoms with Crippen LogP contribution < -0.4 is 4.90 Å². The summed E-state index contributed by atoms with van der Waals surface area (Å²) in [4.78, 5) is 20.5. The lowest BCUT2D eigenvalue weighted by molar-refractivity contribution is -0.140. The van der Waals surface area contributed by atoms with Crippen molar-refractivity contribution in [1.82, 2.24) is 9.97 Å². The van der Waals surface area contributed by atoms with Crippen molar-refractivity contribution in [2.24, 2.45) is 5.92 Å². The van der Waals surface area contributed by atoms with Gasteiger partial charge in [-0.1, -0.05) is 6.92 Å². The molecule has 0 aliphatic carbocycles. The van der Waals surface area contributed by atoms with E-state index in [2.05, 4.69) is 9.97 Å². The maximum Gasteiger partial charge on any atom is 0.326 e. The monoisotopic (exact) mass is 253 g/mol. The molecule has 0 spiro atoms. The lowest BCUT2D eigenvalue weighted by atomic mass is 9.91. The topological polar surface area (TPSA) is 66.3 Å². The van der Waals surface area contributed by atoms with Crippen LogP contribution in [-0.2, 0) is 4.79 Å². The van der Waals surface area contributed by atoms with Gasteiger partial charge in [0.05, 0.1) is 5.69 Å². The van der Waals surface area contributed by atoms with Gasteiger partial charge < -0.3 is 10.0 Å². The van der Waals surface area contributed by atoms with Crippen molar-refractivity contribution in [2.45, 2.75) is 32.7 Å². The Morgan fingerprint density at radius 1 is 1.56 bits per heavy atom. The average Bonchev–Trinajstić information content (AvgIpc) is 2.32. The Morgan fingerprint density at radius 2 is 2.28 bits per heavy atom. The minimum absolute atomic E-state index is 0.0223. The summed E-state index contributed by atoms with van der Waals surface area (Å²) in [7, 11) is 0. The second kappa shape index (κ2) is 4.88. The summed E-state index contributed by atoms with van der Waals surface area (Å²) in [5.41, 5.74) is 0.238. The molecule has 18 heavy (non-hydrogen) atoms. The summed E-state index contributed by atoms with van der Waals surface area (Å²) >= 11 is 0. The van der Waals surface area contributed by atoms with Crippen LogP contribution in [0, 0.1) is 18.7 Å². The molecule has 1 aromatic heterocycles. The predicted octanol–water partition coefficient (Wildman–Crippen LogP) is 1.61. The molecule has 2 heterocycles. The molecule has 1 N–H and O–H groups in total. The third kappa shape index (κ3) is 2.14. The minimum Gasteiger partial charge on any atom is -0.480 e. The van der Waals surface area contributed by atoms with Crippen molar-refractivity contribution in [1.29, 1.82) is 0 Å². The Morgan fingerprint density at radius 3 is 2.94 bits per heavy atom. The van der Waals surface area contributed by atoms with E-state index in [1.54, 1.807) is 11.8 Å². The number of aromatic nitrogens is 2. The zero-order chi connectivity index (χ0) is 13.3. The first-order valence-corrected chi connectivity index (χ1v) is 5.99. The lowest BCUT2D eigenvalue weighted by Gasteiger charge is -2.38. The van der Waals surface area contributed by atoms with Crippen LogP contribution in [0.1, 0.15) is 25.5 Å². The van der Waals surface area contributed by atoms with Crippen molar-refractivity contribution in [2.75, 3.05) is 11.4 Å². The van der Waals surface area contributed by atoms with Gasteiger partial charge in [-0.25, -0.2) is 19.2 Å². The number of halogens is 1. The highest BCUT2D eigenvalue weighted by molar-refractivity contribution is 5.78. The number of aliphatic carboxylic acids is 1. The fourth-order valence-corrected chi connectivity index (χ4v) is 2.45. The van der Waals surface area contributed by atoms with Crippen LogP contribution in [0.15, 0.2) is 6.33 Å². The number of carbonyl (C=O) groups is 1. The van der Waals surface area contributed by atoms with E-state index in [-0.39, 0.29) is 17.4 Å². The molecule has 0 amide bonds. The smallest absolute Gasteiger partial charge is 0.326 e. The van der Waals surface area contributed by atoms with Gasteiger partial charge in [-0.2, -0.15) is 0 Å². The number of nitrogens with zero attached hydrogens (tertiary/aromatic N) is 3. The van der Waals surface area contributed by atoms with Crippen LogP contribution in [0.25, 0.3) is 0 Å². The van der Waals surface area contributed by atoms with Crippen molar-refractivity contribution in [3.63, 3.8) is 0 Å². The van der Waals surface area contributed by atoms with Crippen molar-refractivity contribution in [3.8, 4) is 0 Å². The number of rotatable bonds is 2. The quantitative estimate of drug-likeness (QED) is 0.867. The molecule has 0 aromatic carbocycles. The molecule has 1 aliphatic rings. The van der Waals surface area contributed by atoms with Gasteiger partial charge >= 0.3 is 5.97 Å². The number of hydrogen-bond acceptors (Lipinski definition) is 4. The fraction of sp³-hybridized carbons (Fsp3) is 0.583. The summed E-state index contributed by atoms with van der Waals surface area (Å²) in [5.74, 6) is -1.39. The van der Waals surface area contributed by atoms with Crippen LogP contribution in [0.5, 0.6) is 0 Å². The highest BCUT2D eigenvalue weighted by atomic mass is 19.1. The Hall–Kier alpha value is -1.72. The second-order valence-electron chi connectivity index (χ2n) is 4.69. The van der Waals surface area contributed by atoms with E-state index in [0.717, 1.165) is 12.8 Å².